The van der Waals surface area contributed by atoms with E-state index in [2.05, 4.69) is 0 Å². The summed E-state index contributed by atoms with van der Waals surface area (Å²) >= 11 is 0. The zero-order valence-electron chi connectivity index (χ0n) is 9.13. The number of sulfone groups is 1. The lowest BCUT2D eigenvalue weighted by atomic mass is 10.4. The Morgan fingerprint density at radius 3 is 2.65 bits per heavy atom. The van der Waals surface area contributed by atoms with E-state index in [4.69, 9.17) is 5.26 Å². The van der Waals surface area contributed by atoms with Gasteiger partial charge in [0.1, 0.15) is 11.6 Å². The summed E-state index contributed by atoms with van der Waals surface area (Å²) in [6.07, 6.45) is 1.06. The molecular formula is C9H11N3O4S. The van der Waals surface area contributed by atoms with Crippen LogP contribution in [0.15, 0.2) is 15.8 Å². The fourth-order valence-corrected chi connectivity index (χ4v) is 1.90. The quantitative estimate of drug-likeness (QED) is 0.731. The predicted molar refractivity (Wildman–Crippen MR) is 60.4 cm³/mol. The summed E-state index contributed by atoms with van der Waals surface area (Å²) in [6.45, 7) is 1.42. The fourth-order valence-electron chi connectivity index (χ4n) is 1.14. The van der Waals surface area contributed by atoms with Crippen LogP contribution in [0.2, 0.25) is 0 Å². The first kappa shape index (κ1) is 13.2. The van der Waals surface area contributed by atoms with Crippen LogP contribution in [-0.4, -0.2) is 29.5 Å². The van der Waals surface area contributed by atoms with E-state index in [1.165, 1.54) is 6.92 Å². The Bertz CT molecular complexity index is 663. The molecule has 0 fully saturated rings. The molecule has 7 nitrogen and oxygen atoms in total. The van der Waals surface area contributed by atoms with Crippen molar-refractivity contribution < 1.29 is 8.42 Å². The highest BCUT2D eigenvalue weighted by molar-refractivity contribution is 7.91. The molecule has 0 amide bonds. The lowest BCUT2D eigenvalue weighted by molar-refractivity contribution is 0.586. The lowest BCUT2D eigenvalue weighted by Gasteiger charge is -2.04. The third-order valence-corrected chi connectivity index (χ3v) is 3.90. The van der Waals surface area contributed by atoms with Gasteiger partial charge in [-0.3, -0.25) is 14.3 Å². The van der Waals surface area contributed by atoms with Crippen LogP contribution in [0.4, 0.5) is 0 Å². The smallest absolute Gasteiger partial charge is 0.298 e. The topological polar surface area (TPSA) is 113 Å². The Kier molecular flexibility index (Phi) is 3.85. The molecule has 0 aromatic carbocycles. The highest BCUT2D eigenvalue weighted by atomic mass is 32.2. The molecule has 1 aromatic rings. The Labute approximate surface area is 97.2 Å². The highest BCUT2D eigenvalue weighted by Gasteiger charge is 2.09. The van der Waals surface area contributed by atoms with E-state index in [1.807, 2.05) is 4.98 Å². The molecule has 0 atom stereocenters. The number of nitriles is 1. The van der Waals surface area contributed by atoms with Crippen molar-refractivity contribution in [3.8, 4) is 6.07 Å². The van der Waals surface area contributed by atoms with Crippen molar-refractivity contribution in [1.82, 2.24) is 9.55 Å². The Morgan fingerprint density at radius 2 is 2.12 bits per heavy atom. The van der Waals surface area contributed by atoms with Crippen LogP contribution >= 0.6 is 0 Å². The summed E-state index contributed by atoms with van der Waals surface area (Å²) in [7, 11) is -3.20. The maximum Gasteiger partial charge on any atom is 0.328 e. The third kappa shape index (κ3) is 3.29. The molecule has 0 bridgehead atoms. The predicted octanol–water partition coefficient (Wildman–Crippen LogP) is -1.16. The average molecular weight is 257 g/mol. The molecule has 8 heteroatoms. The normalized spacial score (nSPS) is 11.1. The molecule has 92 valence electrons. The van der Waals surface area contributed by atoms with Crippen LogP contribution in [0.3, 0.4) is 0 Å². The Hall–Kier alpha value is -1.88. The van der Waals surface area contributed by atoms with Crippen LogP contribution in [0, 0.1) is 11.3 Å². The summed E-state index contributed by atoms with van der Waals surface area (Å²) in [6, 6.07) is 1.62. The van der Waals surface area contributed by atoms with Crippen LogP contribution in [0.1, 0.15) is 12.5 Å². The van der Waals surface area contributed by atoms with Gasteiger partial charge < -0.3 is 0 Å². The minimum absolute atomic E-state index is 0.0176. The van der Waals surface area contributed by atoms with Gasteiger partial charge in [0.15, 0.2) is 9.84 Å². The number of hydrogen-bond acceptors (Lipinski definition) is 5. The van der Waals surface area contributed by atoms with Crippen molar-refractivity contribution in [2.45, 2.75) is 13.5 Å². The largest absolute Gasteiger partial charge is 0.328 e. The zero-order chi connectivity index (χ0) is 13.1. The maximum atomic E-state index is 11.3. The zero-order valence-corrected chi connectivity index (χ0v) is 9.95. The molecular weight excluding hydrogens is 246 g/mol. The van der Waals surface area contributed by atoms with Crippen LogP contribution in [-0.2, 0) is 16.4 Å². The van der Waals surface area contributed by atoms with Crippen molar-refractivity contribution in [2.75, 3.05) is 11.5 Å². The van der Waals surface area contributed by atoms with Gasteiger partial charge in [0, 0.05) is 18.5 Å². The van der Waals surface area contributed by atoms with Gasteiger partial charge >= 0.3 is 5.69 Å². The molecule has 0 radical (unpaired) electrons. The second kappa shape index (κ2) is 4.97. The molecule has 17 heavy (non-hydrogen) atoms. The van der Waals surface area contributed by atoms with E-state index in [9.17, 15) is 18.0 Å². The number of nitrogens with zero attached hydrogens (tertiary/aromatic N) is 2. The van der Waals surface area contributed by atoms with Crippen molar-refractivity contribution in [1.29, 1.82) is 5.26 Å². The summed E-state index contributed by atoms with van der Waals surface area (Å²) < 4.78 is 23.5. The van der Waals surface area contributed by atoms with Crippen LogP contribution in [0.5, 0.6) is 0 Å². The molecule has 0 saturated carbocycles. The van der Waals surface area contributed by atoms with Crippen molar-refractivity contribution in [3.63, 3.8) is 0 Å². The van der Waals surface area contributed by atoms with Gasteiger partial charge in [-0.25, -0.2) is 13.2 Å². The van der Waals surface area contributed by atoms with Crippen LogP contribution in [0.25, 0.3) is 0 Å². The van der Waals surface area contributed by atoms with E-state index >= 15 is 0 Å². The van der Waals surface area contributed by atoms with Crippen molar-refractivity contribution in [2.24, 2.45) is 0 Å². The van der Waals surface area contributed by atoms with Gasteiger partial charge in [0.25, 0.3) is 5.56 Å². The molecule has 0 aliphatic rings. The molecule has 0 spiro atoms. The standard InChI is InChI=1S/C9H11N3O4S/c1-2-17(15,16)4-3-12-6-7(5-10)8(13)11-9(12)14/h6H,2-4H2,1H3,(H,11,13,14). The molecule has 1 aromatic heterocycles. The van der Waals surface area contributed by atoms with Gasteiger partial charge in [-0.15, -0.1) is 0 Å². The number of hydrogen-bond donors (Lipinski definition) is 1. The summed E-state index contributed by atoms with van der Waals surface area (Å²) in [5.74, 6) is -0.226. The van der Waals surface area contributed by atoms with Gasteiger partial charge in [-0.1, -0.05) is 6.92 Å². The first-order valence-electron chi connectivity index (χ1n) is 4.84. The SMILES string of the molecule is CCS(=O)(=O)CCn1cc(C#N)c(=O)[nH]c1=O. The number of nitrogens with one attached hydrogen (secondary N) is 1. The minimum atomic E-state index is -3.20. The number of aromatic nitrogens is 2. The van der Waals surface area contributed by atoms with Crippen molar-refractivity contribution in [3.05, 3.63) is 32.6 Å². The average Bonchev–Trinajstić information content (AvgIpc) is 2.28. The summed E-state index contributed by atoms with van der Waals surface area (Å²) in [5.41, 5.74) is -1.72. The monoisotopic (exact) mass is 257 g/mol. The molecule has 0 saturated heterocycles. The third-order valence-electron chi connectivity index (χ3n) is 2.21. The number of aromatic amines is 1. The molecule has 0 aliphatic heterocycles. The van der Waals surface area contributed by atoms with Crippen LogP contribution < -0.4 is 11.2 Å². The highest BCUT2D eigenvalue weighted by Crippen LogP contribution is 1.92. The van der Waals surface area contributed by atoms with E-state index < -0.39 is 21.1 Å². The van der Waals surface area contributed by atoms with E-state index in [1.54, 1.807) is 6.07 Å². The van der Waals surface area contributed by atoms with E-state index in [-0.39, 0.29) is 23.6 Å². The first-order valence-corrected chi connectivity index (χ1v) is 6.66. The number of H-pyrrole nitrogens is 1. The van der Waals surface area contributed by atoms with Gasteiger partial charge in [-0.05, 0) is 0 Å². The molecule has 1 rings (SSSR count). The van der Waals surface area contributed by atoms with Gasteiger partial charge in [-0.2, -0.15) is 5.26 Å². The summed E-state index contributed by atoms with van der Waals surface area (Å²) in [4.78, 5) is 24.3. The van der Waals surface area contributed by atoms with Crippen molar-refractivity contribution >= 4 is 9.84 Å². The second-order valence-corrected chi connectivity index (χ2v) is 5.82. The Morgan fingerprint density at radius 1 is 1.47 bits per heavy atom. The molecule has 0 aliphatic carbocycles. The van der Waals surface area contributed by atoms with E-state index in [0.717, 1.165) is 10.8 Å². The Balaban J connectivity index is 3.06. The lowest BCUT2D eigenvalue weighted by Crippen LogP contribution is -2.32. The first-order chi connectivity index (χ1) is 7.89. The van der Waals surface area contributed by atoms with E-state index in [0.29, 0.717) is 0 Å². The molecule has 1 heterocycles. The summed E-state index contributed by atoms with van der Waals surface area (Å²) in [5, 5.41) is 8.60. The number of aryl methyl sites for hydroxylation is 1. The van der Waals surface area contributed by atoms with Gasteiger partial charge in [0.2, 0.25) is 0 Å². The number of rotatable bonds is 4. The second-order valence-electron chi connectivity index (χ2n) is 3.34. The molecule has 0 unspecified atom stereocenters. The van der Waals surface area contributed by atoms with Gasteiger partial charge in [0.05, 0.1) is 5.75 Å². The maximum absolute atomic E-state index is 11.3. The molecule has 1 N–H and O–H groups in total. The minimum Gasteiger partial charge on any atom is -0.298 e. The fraction of sp³-hybridized carbons (Fsp3) is 0.444.